The number of azo groups is 1. The van der Waals surface area contributed by atoms with E-state index in [0.29, 0.717) is 5.56 Å². The van der Waals surface area contributed by atoms with Crippen LogP contribution in [0.3, 0.4) is 0 Å². The quantitative estimate of drug-likeness (QED) is 0.692. The molecule has 0 spiro atoms. The number of carbonyl (C=O) groups excluding carboxylic acids is 1. The molecular formula is C11H7N3O. The third-order valence-electron chi connectivity index (χ3n) is 2.08. The highest BCUT2D eigenvalue weighted by molar-refractivity contribution is 5.88. The first kappa shape index (κ1) is 9.28. The van der Waals surface area contributed by atoms with Crippen molar-refractivity contribution in [1.29, 1.82) is 5.26 Å². The van der Waals surface area contributed by atoms with E-state index in [1.54, 1.807) is 18.2 Å². The van der Waals surface area contributed by atoms with Gasteiger partial charge in [-0.25, -0.2) is 0 Å². The summed E-state index contributed by atoms with van der Waals surface area (Å²) in [6.07, 6.45) is 3.09. The van der Waals surface area contributed by atoms with Gasteiger partial charge >= 0.3 is 0 Å². The number of nitriles is 1. The molecule has 4 nitrogen and oxygen atoms in total. The molecule has 1 aromatic rings. The van der Waals surface area contributed by atoms with Crippen molar-refractivity contribution in [1.82, 2.24) is 0 Å². The van der Waals surface area contributed by atoms with E-state index >= 15 is 0 Å². The summed E-state index contributed by atoms with van der Waals surface area (Å²) in [5, 5.41) is 15.9. The molecule has 1 amide bonds. The van der Waals surface area contributed by atoms with E-state index < -0.39 is 0 Å². The predicted molar refractivity (Wildman–Crippen MR) is 52.9 cm³/mol. The highest BCUT2D eigenvalue weighted by Crippen LogP contribution is 2.22. The van der Waals surface area contributed by atoms with Crippen LogP contribution >= 0.6 is 0 Å². The molecule has 0 saturated heterocycles. The fraction of sp³-hybridized carbons (Fsp3) is 0.0909. The van der Waals surface area contributed by atoms with Gasteiger partial charge in [0, 0.05) is 6.08 Å². The van der Waals surface area contributed by atoms with Gasteiger partial charge in [-0.15, -0.1) is 5.11 Å². The molecular weight excluding hydrogens is 190 g/mol. The lowest BCUT2D eigenvalue weighted by molar-refractivity contribution is -0.114. The van der Waals surface area contributed by atoms with Crippen molar-refractivity contribution in [2.45, 2.75) is 6.04 Å². The van der Waals surface area contributed by atoms with Gasteiger partial charge in [0.2, 0.25) is 0 Å². The molecule has 0 saturated carbocycles. The second-order valence-corrected chi connectivity index (χ2v) is 3.09. The number of benzene rings is 1. The van der Waals surface area contributed by atoms with Crippen molar-refractivity contribution >= 4 is 5.91 Å². The summed E-state index contributed by atoms with van der Waals surface area (Å²) in [6.45, 7) is 0. The summed E-state index contributed by atoms with van der Waals surface area (Å²) in [7, 11) is 0. The van der Waals surface area contributed by atoms with Crippen molar-refractivity contribution in [3.63, 3.8) is 0 Å². The maximum absolute atomic E-state index is 10.8. The van der Waals surface area contributed by atoms with Gasteiger partial charge in [0.1, 0.15) is 6.04 Å². The first-order chi connectivity index (χ1) is 7.29. The van der Waals surface area contributed by atoms with Gasteiger partial charge in [-0.05, 0) is 23.8 Å². The van der Waals surface area contributed by atoms with E-state index in [2.05, 4.69) is 10.2 Å². The second-order valence-electron chi connectivity index (χ2n) is 3.09. The summed E-state index contributed by atoms with van der Waals surface area (Å²) in [5.74, 6) is -0.333. The number of nitrogens with zero attached hydrogens (tertiary/aromatic N) is 3. The minimum Gasteiger partial charge on any atom is -0.266 e. The molecule has 72 valence electrons. The lowest BCUT2D eigenvalue weighted by Crippen LogP contribution is -1.98. The molecule has 15 heavy (non-hydrogen) atoms. The maximum atomic E-state index is 10.8. The van der Waals surface area contributed by atoms with E-state index in [4.69, 9.17) is 5.26 Å². The molecule has 0 N–H and O–H groups in total. The van der Waals surface area contributed by atoms with Crippen molar-refractivity contribution in [3.8, 4) is 6.07 Å². The Morgan fingerprint density at radius 3 is 2.53 bits per heavy atom. The van der Waals surface area contributed by atoms with Crippen LogP contribution in [0.5, 0.6) is 0 Å². The molecule has 4 heteroatoms. The highest BCUT2D eigenvalue weighted by Gasteiger charge is 2.11. The van der Waals surface area contributed by atoms with Gasteiger partial charge in [-0.2, -0.15) is 10.4 Å². The van der Waals surface area contributed by atoms with Crippen LogP contribution in [-0.4, -0.2) is 5.91 Å². The number of carbonyl (C=O) groups is 1. The van der Waals surface area contributed by atoms with Crippen molar-refractivity contribution < 1.29 is 4.79 Å². The Bertz CT molecular complexity index is 464. The fourth-order valence-electron chi connectivity index (χ4n) is 1.30. The Morgan fingerprint density at radius 1 is 1.27 bits per heavy atom. The summed E-state index contributed by atoms with van der Waals surface area (Å²) in [4.78, 5) is 10.8. The first-order valence-electron chi connectivity index (χ1n) is 4.42. The molecule has 1 unspecified atom stereocenters. The van der Waals surface area contributed by atoms with Gasteiger partial charge in [0.25, 0.3) is 5.91 Å². The number of rotatable bonds is 1. The first-order valence-corrected chi connectivity index (χ1v) is 4.42. The minimum atomic E-state index is -0.333. The monoisotopic (exact) mass is 197 g/mol. The van der Waals surface area contributed by atoms with Crippen molar-refractivity contribution in [2.24, 2.45) is 10.2 Å². The molecule has 2 rings (SSSR count). The van der Waals surface area contributed by atoms with Crippen LogP contribution in [0.15, 0.2) is 46.6 Å². The summed E-state index contributed by atoms with van der Waals surface area (Å²) in [5.41, 5.74) is 1.52. The van der Waals surface area contributed by atoms with E-state index in [1.807, 2.05) is 18.2 Å². The highest BCUT2D eigenvalue weighted by atomic mass is 16.1. The van der Waals surface area contributed by atoms with Crippen molar-refractivity contribution in [2.75, 3.05) is 0 Å². The van der Waals surface area contributed by atoms with Gasteiger partial charge in [0.15, 0.2) is 0 Å². The standard InChI is InChI=1S/C11H7N3O/c12-7-8-1-3-9(4-2-8)10-5-6-11(15)14-13-10/h1-6,10H. The number of hydrogen-bond donors (Lipinski definition) is 0. The molecule has 1 aliphatic heterocycles. The van der Waals surface area contributed by atoms with Crippen LogP contribution in [0.4, 0.5) is 0 Å². The zero-order valence-corrected chi connectivity index (χ0v) is 7.79. The number of amides is 1. The Morgan fingerprint density at radius 2 is 2.00 bits per heavy atom. The van der Waals surface area contributed by atoms with Gasteiger partial charge in [-0.1, -0.05) is 12.1 Å². The molecule has 1 aromatic carbocycles. The molecule has 0 aromatic heterocycles. The van der Waals surface area contributed by atoms with Crippen LogP contribution in [0.25, 0.3) is 0 Å². The summed E-state index contributed by atoms with van der Waals surface area (Å²) >= 11 is 0. The zero-order valence-electron chi connectivity index (χ0n) is 7.79. The molecule has 0 radical (unpaired) electrons. The molecule has 1 aliphatic rings. The SMILES string of the molecule is N#Cc1ccc(C2C=CC(=O)N=N2)cc1. The normalized spacial score (nSPS) is 18.9. The van der Waals surface area contributed by atoms with E-state index in [-0.39, 0.29) is 11.9 Å². The van der Waals surface area contributed by atoms with Crippen molar-refractivity contribution in [3.05, 3.63) is 47.5 Å². The largest absolute Gasteiger partial charge is 0.287 e. The van der Waals surface area contributed by atoms with Gasteiger partial charge in [0.05, 0.1) is 11.6 Å². The van der Waals surface area contributed by atoms with Gasteiger partial charge in [-0.3, -0.25) is 4.79 Å². The Kier molecular flexibility index (Phi) is 2.38. The Hall–Kier alpha value is -2.28. The van der Waals surface area contributed by atoms with Crippen LogP contribution in [0, 0.1) is 11.3 Å². The molecule has 1 heterocycles. The average Bonchev–Trinajstić information content (AvgIpc) is 2.30. The maximum Gasteiger partial charge on any atom is 0.287 e. The van der Waals surface area contributed by atoms with Crippen LogP contribution in [0.1, 0.15) is 17.2 Å². The minimum absolute atomic E-state index is 0.213. The smallest absolute Gasteiger partial charge is 0.266 e. The van der Waals surface area contributed by atoms with Crippen LogP contribution < -0.4 is 0 Å². The van der Waals surface area contributed by atoms with Crippen LogP contribution in [-0.2, 0) is 4.79 Å². The summed E-state index contributed by atoms with van der Waals surface area (Å²) in [6, 6.07) is 8.88. The molecule has 0 fully saturated rings. The fourth-order valence-corrected chi connectivity index (χ4v) is 1.30. The van der Waals surface area contributed by atoms with E-state index in [1.165, 1.54) is 6.08 Å². The van der Waals surface area contributed by atoms with E-state index in [9.17, 15) is 4.79 Å². The molecule has 1 atom stereocenters. The topological polar surface area (TPSA) is 65.6 Å². The van der Waals surface area contributed by atoms with Gasteiger partial charge < -0.3 is 0 Å². The third kappa shape index (κ3) is 1.97. The van der Waals surface area contributed by atoms with Crippen LogP contribution in [0.2, 0.25) is 0 Å². The lowest BCUT2D eigenvalue weighted by Gasteiger charge is -2.08. The molecule has 0 aliphatic carbocycles. The number of hydrogen-bond acceptors (Lipinski definition) is 3. The predicted octanol–water partition coefficient (Wildman–Crippen LogP) is 2.15. The molecule has 0 bridgehead atoms. The lowest BCUT2D eigenvalue weighted by atomic mass is 10.0. The average molecular weight is 197 g/mol. The summed E-state index contributed by atoms with van der Waals surface area (Å²) < 4.78 is 0. The zero-order chi connectivity index (χ0) is 10.7. The Labute approximate surface area is 86.6 Å². The third-order valence-corrected chi connectivity index (χ3v) is 2.08. The van der Waals surface area contributed by atoms with E-state index in [0.717, 1.165) is 5.56 Å². The second kappa shape index (κ2) is 3.84. The Balaban J connectivity index is 2.24.